The quantitative estimate of drug-likeness (QED) is 0.688. The van der Waals surface area contributed by atoms with E-state index in [0.29, 0.717) is 24.1 Å². The molecule has 1 aromatic heterocycles. The molecule has 2 fully saturated rings. The van der Waals surface area contributed by atoms with E-state index in [1.807, 2.05) is 43.8 Å². The van der Waals surface area contributed by atoms with Crippen molar-refractivity contribution in [2.45, 2.75) is 45.6 Å². The van der Waals surface area contributed by atoms with E-state index < -0.39 is 0 Å². The minimum absolute atomic E-state index is 0.0465. The van der Waals surface area contributed by atoms with Crippen LogP contribution in [0.4, 0.5) is 4.39 Å². The Morgan fingerprint density at radius 3 is 2.69 bits per heavy atom. The second-order valence-corrected chi connectivity index (χ2v) is 9.32. The molecule has 1 atom stereocenters. The Kier molecular flexibility index (Phi) is 6.38. The smallest absolute Gasteiger partial charge is 0.255 e. The molecule has 1 aromatic rings. The van der Waals surface area contributed by atoms with E-state index in [4.69, 9.17) is 0 Å². The van der Waals surface area contributed by atoms with E-state index >= 15 is 0 Å². The van der Waals surface area contributed by atoms with Gasteiger partial charge in [0.05, 0.1) is 11.6 Å². The number of rotatable bonds is 6. The standard InChI is InChI=1S/C25H33FN4O2/c1-16-21(27-17(2)23(16)25(32)29-11-5-6-12-29)15-20-19-14-18(26)8-9-22(19)30(24(20)31)13-7-10-28(3)4/h8,14-15,22,27H,5-7,9-13H2,1-4H3/b20-15-. The Morgan fingerprint density at radius 1 is 1.28 bits per heavy atom. The van der Waals surface area contributed by atoms with Gasteiger partial charge in [-0.25, -0.2) is 4.39 Å². The van der Waals surface area contributed by atoms with Crippen LogP contribution in [-0.4, -0.2) is 77.8 Å². The first-order valence-corrected chi connectivity index (χ1v) is 11.5. The lowest BCUT2D eigenvalue weighted by Crippen LogP contribution is -2.35. The Labute approximate surface area is 189 Å². The molecule has 1 unspecified atom stereocenters. The molecule has 0 spiro atoms. The summed E-state index contributed by atoms with van der Waals surface area (Å²) in [4.78, 5) is 35.6. The van der Waals surface area contributed by atoms with Crippen LogP contribution in [-0.2, 0) is 4.79 Å². The van der Waals surface area contributed by atoms with Crippen LogP contribution in [0.5, 0.6) is 0 Å². The molecule has 0 bridgehead atoms. The van der Waals surface area contributed by atoms with Crippen molar-refractivity contribution in [3.05, 3.63) is 51.6 Å². The second kappa shape index (κ2) is 9.06. The van der Waals surface area contributed by atoms with Gasteiger partial charge in [-0.05, 0) is 89.5 Å². The van der Waals surface area contributed by atoms with Crippen molar-refractivity contribution in [2.24, 2.45) is 0 Å². The lowest BCUT2D eigenvalue weighted by molar-refractivity contribution is -0.126. The maximum atomic E-state index is 14.1. The number of aromatic nitrogens is 1. The van der Waals surface area contributed by atoms with Gasteiger partial charge < -0.3 is 19.7 Å². The van der Waals surface area contributed by atoms with Crippen molar-refractivity contribution in [1.29, 1.82) is 0 Å². The van der Waals surface area contributed by atoms with E-state index in [9.17, 15) is 14.0 Å². The third-order valence-corrected chi connectivity index (χ3v) is 6.74. The zero-order valence-corrected chi connectivity index (χ0v) is 19.5. The largest absolute Gasteiger partial charge is 0.358 e. The normalized spacial score (nSPS) is 22.1. The molecule has 2 aliphatic heterocycles. The van der Waals surface area contributed by atoms with Crippen molar-refractivity contribution in [1.82, 2.24) is 19.7 Å². The molecule has 3 heterocycles. The van der Waals surface area contributed by atoms with Gasteiger partial charge in [-0.2, -0.15) is 0 Å². The first kappa shape index (κ1) is 22.5. The highest BCUT2D eigenvalue weighted by atomic mass is 19.1. The highest BCUT2D eigenvalue weighted by Crippen LogP contribution is 2.38. The molecule has 7 heteroatoms. The summed E-state index contributed by atoms with van der Waals surface area (Å²) in [5.41, 5.74) is 4.34. The number of allylic oxidation sites excluding steroid dienone is 2. The van der Waals surface area contributed by atoms with E-state index in [1.165, 1.54) is 6.08 Å². The first-order valence-electron chi connectivity index (χ1n) is 11.5. The molecule has 0 saturated carbocycles. The van der Waals surface area contributed by atoms with Crippen molar-refractivity contribution in [2.75, 3.05) is 40.3 Å². The molecule has 0 aromatic carbocycles. The average molecular weight is 441 g/mol. The number of hydrogen-bond donors (Lipinski definition) is 1. The van der Waals surface area contributed by atoms with Crippen molar-refractivity contribution in [3.8, 4) is 0 Å². The SMILES string of the molecule is Cc1[nH]c(/C=C2\C(=O)N(CCCN(C)C)C3CC=C(F)C=C23)c(C)c1C(=O)N1CCCC1. The van der Waals surface area contributed by atoms with Gasteiger partial charge in [0.25, 0.3) is 11.8 Å². The maximum absolute atomic E-state index is 14.1. The van der Waals surface area contributed by atoms with Crippen molar-refractivity contribution < 1.29 is 14.0 Å². The number of aryl methyl sites for hydroxylation is 1. The van der Waals surface area contributed by atoms with Crippen molar-refractivity contribution >= 4 is 17.9 Å². The summed E-state index contributed by atoms with van der Waals surface area (Å²) in [6.07, 6.45) is 8.29. The van der Waals surface area contributed by atoms with Crippen LogP contribution in [0.3, 0.4) is 0 Å². The number of H-pyrrole nitrogens is 1. The molecule has 1 N–H and O–H groups in total. The lowest BCUT2D eigenvalue weighted by atomic mass is 9.95. The number of hydrogen-bond acceptors (Lipinski definition) is 3. The summed E-state index contributed by atoms with van der Waals surface area (Å²) in [6, 6.07) is -0.127. The summed E-state index contributed by atoms with van der Waals surface area (Å²) in [5.74, 6) is -0.318. The number of carbonyl (C=O) groups excluding carboxylic acids is 2. The van der Waals surface area contributed by atoms with Gasteiger partial charge in [0, 0.05) is 36.6 Å². The van der Waals surface area contributed by atoms with Crippen LogP contribution in [0.25, 0.3) is 6.08 Å². The summed E-state index contributed by atoms with van der Waals surface area (Å²) < 4.78 is 14.1. The van der Waals surface area contributed by atoms with Gasteiger partial charge >= 0.3 is 0 Å². The summed E-state index contributed by atoms with van der Waals surface area (Å²) in [6.45, 7) is 6.91. The molecule has 6 nitrogen and oxygen atoms in total. The van der Waals surface area contributed by atoms with Gasteiger partial charge in [-0.3, -0.25) is 9.59 Å². The number of fused-ring (bicyclic) bond motifs is 1. The molecule has 2 amide bonds. The molecular formula is C25H33FN4O2. The number of likely N-dealkylation sites (tertiary alicyclic amines) is 2. The van der Waals surface area contributed by atoms with Crippen LogP contribution in [0.2, 0.25) is 0 Å². The van der Waals surface area contributed by atoms with Gasteiger partial charge in [0.1, 0.15) is 5.83 Å². The fourth-order valence-corrected chi connectivity index (χ4v) is 5.05. The predicted molar refractivity (Wildman–Crippen MR) is 124 cm³/mol. The van der Waals surface area contributed by atoms with Gasteiger partial charge in [0.2, 0.25) is 0 Å². The predicted octanol–water partition coefficient (Wildman–Crippen LogP) is 3.60. The first-order chi connectivity index (χ1) is 15.3. The van der Waals surface area contributed by atoms with Crippen LogP contribution in [0, 0.1) is 13.8 Å². The molecule has 4 rings (SSSR count). The number of nitrogens with zero attached hydrogens (tertiary/aromatic N) is 3. The van der Waals surface area contributed by atoms with Crippen molar-refractivity contribution in [3.63, 3.8) is 0 Å². The molecule has 3 aliphatic rings. The number of nitrogens with one attached hydrogen (secondary N) is 1. The lowest BCUT2D eigenvalue weighted by Gasteiger charge is -2.26. The van der Waals surface area contributed by atoms with Crippen LogP contribution in [0.1, 0.15) is 53.0 Å². The minimum atomic E-state index is -0.297. The molecule has 1 aliphatic carbocycles. The van der Waals surface area contributed by atoms with Crippen LogP contribution in [0.15, 0.2) is 29.1 Å². The molecular weight excluding hydrogens is 407 g/mol. The number of amides is 2. The maximum Gasteiger partial charge on any atom is 0.255 e. The Bertz CT molecular complexity index is 1010. The number of halogens is 1. The van der Waals surface area contributed by atoms with E-state index in [-0.39, 0.29) is 23.7 Å². The molecule has 2 saturated heterocycles. The third-order valence-electron chi connectivity index (χ3n) is 6.74. The van der Waals surface area contributed by atoms with E-state index in [1.54, 1.807) is 6.08 Å². The molecule has 0 radical (unpaired) electrons. The summed E-state index contributed by atoms with van der Waals surface area (Å²) in [5, 5.41) is 0. The summed E-state index contributed by atoms with van der Waals surface area (Å²) >= 11 is 0. The van der Waals surface area contributed by atoms with Gasteiger partial charge in [0.15, 0.2) is 0 Å². The fourth-order valence-electron chi connectivity index (χ4n) is 5.05. The van der Waals surface area contributed by atoms with Crippen LogP contribution >= 0.6 is 0 Å². The highest BCUT2D eigenvalue weighted by molar-refractivity contribution is 6.07. The minimum Gasteiger partial charge on any atom is -0.358 e. The molecule has 32 heavy (non-hydrogen) atoms. The topological polar surface area (TPSA) is 59.7 Å². The summed E-state index contributed by atoms with van der Waals surface area (Å²) in [7, 11) is 4.02. The third kappa shape index (κ3) is 4.18. The highest BCUT2D eigenvalue weighted by Gasteiger charge is 2.40. The Balaban J connectivity index is 1.66. The van der Waals surface area contributed by atoms with E-state index in [2.05, 4.69) is 9.88 Å². The Hall–Kier alpha value is -2.67. The van der Waals surface area contributed by atoms with E-state index in [0.717, 1.165) is 61.4 Å². The zero-order valence-electron chi connectivity index (χ0n) is 19.5. The number of aromatic amines is 1. The van der Waals surface area contributed by atoms with Crippen LogP contribution < -0.4 is 0 Å². The average Bonchev–Trinajstić information content (AvgIpc) is 3.42. The molecule has 172 valence electrons. The monoisotopic (exact) mass is 440 g/mol. The zero-order chi connectivity index (χ0) is 23.0. The van der Waals surface area contributed by atoms with Gasteiger partial charge in [-0.15, -0.1) is 0 Å². The van der Waals surface area contributed by atoms with Gasteiger partial charge in [-0.1, -0.05) is 0 Å². The second-order valence-electron chi connectivity index (χ2n) is 9.32. The Morgan fingerprint density at radius 2 is 2.00 bits per heavy atom. The number of carbonyl (C=O) groups is 2. The fraction of sp³-hybridized carbons (Fsp3) is 0.520.